The molecule has 10 heteroatoms. The van der Waals surface area contributed by atoms with Gasteiger partial charge in [-0.2, -0.15) is 10.4 Å². The van der Waals surface area contributed by atoms with Crippen LogP contribution in [0.5, 0.6) is 0 Å². The van der Waals surface area contributed by atoms with Crippen molar-refractivity contribution in [3.8, 4) is 6.07 Å². The van der Waals surface area contributed by atoms with Crippen LogP contribution in [0.2, 0.25) is 0 Å². The van der Waals surface area contributed by atoms with E-state index in [0.717, 1.165) is 8.95 Å². The number of aromatic nitrogens is 2. The zero-order valence-electron chi connectivity index (χ0n) is 33.3. The first-order valence-corrected chi connectivity index (χ1v) is 7.17. The second-order valence-corrected chi connectivity index (χ2v) is 5.00. The number of nitrogens with two attached hydrogens (primary N) is 4. The Morgan fingerprint density at radius 1 is 1.18 bits per heavy atom. The SMILES string of the molecule is N#Cc1ncccc1Br.N/N=C(\N)c1ncccc1Br.NN.[3HH].[3H][3H].[3H][3H].[3H][3H].[3H][3H].[3H][3H].[3H][3H].[3H][3H].[3H][3H].[3H][3H].[3H][3H].[3H][3H]. The lowest BCUT2D eigenvalue weighted by Crippen LogP contribution is -2.17. The largest absolute Gasteiger partial charge is 0.380 e. The highest BCUT2D eigenvalue weighted by molar-refractivity contribution is 9.10. The van der Waals surface area contributed by atoms with E-state index in [9.17, 15) is 0 Å². The Labute approximate surface area is 179 Å². The molecule has 140 valence electrons. The van der Waals surface area contributed by atoms with Crippen LogP contribution in [-0.2, 0) is 0 Å². The molecule has 2 rings (SSSR count). The summed E-state index contributed by atoms with van der Waals surface area (Å²) >= 11 is 6.43. The van der Waals surface area contributed by atoms with E-state index in [2.05, 4.69) is 58.6 Å². The molecule has 2 aromatic heterocycles. The topological polar surface area (TPSA) is 166 Å². The van der Waals surface area contributed by atoms with Crippen LogP contribution in [0.1, 0.15) is 45.5 Å². The average Bonchev–Trinajstić information content (AvgIpc) is 3.18. The number of hydrazone groups is 1. The Bertz CT molecular complexity index is 699. The highest BCUT2D eigenvalue weighted by Crippen LogP contribution is 2.12. The number of hydrogen-bond acceptors (Lipinski definition) is 7. The molecule has 8 nitrogen and oxygen atoms in total. The summed E-state index contributed by atoms with van der Waals surface area (Å²) < 4.78 is 112. The third kappa shape index (κ3) is 6.59. The molecule has 0 amide bonds. The van der Waals surface area contributed by atoms with E-state index in [1.54, 1.807) is 30.6 Å². The van der Waals surface area contributed by atoms with Gasteiger partial charge in [0.15, 0.2) is 11.5 Å². The van der Waals surface area contributed by atoms with E-state index in [4.69, 9.17) is 49.5 Å². The lowest BCUT2D eigenvalue weighted by molar-refractivity contribution is 1.18. The van der Waals surface area contributed by atoms with Gasteiger partial charge in [-0.25, -0.2) is 4.98 Å². The monoisotopic (exact) mass is 498 g/mol. The molecule has 0 aromatic carbocycles. The molecule has 0 saturated heterocycles. The van der Waals surface area contributed by atoms with Crippen LogP contribution in [0, 0.1) is 11.3 Å². The summed E-state index contributed by atoms with van der Waals surface area (Å²) in [6, 6.07) is 9.10. The average molecular weight is 500 g/mol. The van der Waals surface area contributed by atoms with E-state index in [-0.39, 0.29) is 7.26 Å². The van der Waals surface area contributed by atoms with Crippen LogP contribution in [0.3, 0.4) is 0 Å². The predicted molar refractivity (Wildman–Crippen MR) is 117 cm³/mol. The van der Waals surface area contributed by atoms with Crippen molar-refractivity contribution in [2.24, 2.45) is 28.4 Å². The number of rotatable bonds is 1. The molecule has 0 unspecified atom stereocenters. The number of halogens is 2. The van der Waals surface area contributed by atoms with Crippen molar-refractivity contribution < 1.29 is 34.1 Å². The van der Waals surface area contributed by atoms with Gasteiger partial charge in [-0.15, -0.1) is 0 Å². The van der Waals surface area contributed by atoms with E-state index in [1.165, 1.54) is 0 Å². The van der Waals surface area contributed by atoms with E-state index in [1.807, 2.05) is 12.1 Å². The molecular weight excluding hydrogens is 416 g/mol. The van der Waals surface area contributed by atoms with Crippen molar-refractivity contribution in [1.82, 2.24) is 9.97 Å². The van der Waals surface area contributed by atoms with Crippen molar-refractivity contribution in [1.29, 1.82) is 5.26 Å². The van der Waals surface area contributed by atoms with E-state index >= 15 is 0 Å². The molecule has 8 N–H and O–H groups in total. The molecule has 0 spiro atoms. The minimum Gasteiger partial charge on any atom is -0.380 e. The summed E-state index contributed by atoms with van der Waals surface area (Å²) in [7, 11) is 0. The number of pyridine rings is 2. The van der Waals surface area contributed by atoms with Gasteiger partial charge < -0.3 is 11.6 Å². The predicted octanol–water partition coefficient (Wildman–Crippen LogP) is 3.91. The minimum absolute atomic E-state index is 0. The number of hydrogen-bond donors (Lipinski definition) is 4. The molecule has 0 radical (unpaired) electrons. The minimum atomic E-state index is 0. The molecule has 0 atom stereocenters. The zero-order valence-corrected chi connectivity index (χ0v) is 14.5. The van der Waals surface area contributed by atoms with Gasteiger partial charge in [0, 0.05) is 51.0 Å². The van der Waals surface area contributed by atoms with Crippen LogP contribution in [0.25, 0.3) is 0 Å². The molecule has 0 fully saturated rings. The number of hydrazine groups is 1. The van der Waals surface area contributed by atoms with Crippen molar-refractivity contribution >= 4 is 37.7 Å². The van der Waals surface area contributed by atoms with Crippen molar-refractivity contribution in [2.75, 3.05) is 0 Å². The zero-order chi connectivity index (χ0) is 39.0. The van der Waals surface area contributed by atoms with Gasteiger partial charge in [0.1, 0.15) is 11.8 Å². The van der Waals surface area contributed by atoms with Crippen LogP contribution < -0.4 is 23.3 Å². The summed E-state index contributed by atoms with van der Waals surface area (Å²) in [6.45, 7) is 0. The lowest BCUT2D eigenvalue weighted by atomic mass is 10.3. The summed E-state index contributed by atoms with van der Waals surface area (Å²) in [5.41, 5.74) is 6.42. The van der Waals surface area contributed by atoms with Gasteiger partial charge in [-0.05, 0) is 56.1 Å². The van der Waals surface area contributed by atoms with Crippen molar-refractivity contribution in [3.05, 3.63) is 57.0 Å². The molecule has 0 saturated carbocycles. The number of amidine groups is 1. The molecular formula is C12H38Br2N8. The third-order valence-corrected chi connectivity index (χ3v) is 3.28. The maximum atomic E-state index is 8.38. The first kappa shape index (κ1) is 7.98. The fourth-order valence-corrected chi connectivity index (χ4v) is 1.91. The Kier molecular flexibility index (Phi) is 4.20. The summed E-state index contributed by atoms with van der Waals surface area (Å²) in [5, 5.41) is 11.7. The molecule has 0 aliphatic heterocycles. The highest BCUT2D eigenvalue weighted by atomic mass is 79.9. The fourth-order valence-electron chi connectivity index (χ4n) is 1.10. The number of nitriles is 1. The fraction of sp³-hybridized carbons (Fsp3) is 0. The van der Waals surface area contributed by atoms with Crippen LogP contribution in [-0.4, -0.2) is 15.8 Å². The van der Waals surface area contributed by atoms with Gasteiger partial charge in [0.05, 0.1) is 4.47 Å². The van der Waals surface area contributed by atoms with Gasteiger partial charge in [0.25, 0.3) is 0 Å². The molecule has 0 bridgehead atoms. The standard InChI is InChI=1S/C6H7BrN4.C6H3BrN2.H4N2.12H2/c7-4-2-1-3-10-5(4)6(8)11-9;7-5-2-1-3-9-6(5)4-8;1-2;;;;;;;;;;;;/h1-3H,9H2,(H2,8,11);1-3H;1-2H2;12*1H/i;;;11*1+2T;1+2. The summed E-state index contributed by atoms with van der Waals surface area (Å²) in [6.07, 6.45) is 3.21. The second-order valence-electron chi connectivity index (χ2n) is 3.29. The first-order chi connectivity index (χ1) is 21.6. The first-order valence-electron chi connectivity index (χ1n) is 16.6. The Morgan fingerprint density at radius 3 is 2.14 bits per heavy atom. The Balaban J connectivity index is -0.0000000248. The Hall–Kier alpha value is -2.06. The normalized spacial score (nSPS) is 13.5. The van der Waals surface area contributed by atoms with Gasteiger partial charge in [0.2, 0.25) is 0 Å². The molecule has 22 heavy (non-hydrogen) atoms. The molecule has 0 aliphatic carbocycles. The van der Waals surface area contributed by atoms with Crippen LogP contribution in [0.4, 0.5) is 0 Å². The quantitative estimate of drug-likeness (QED) is 0.199. The van der Waals surface area contributed by atoms with Gasteiger partial charge in [-0.1, -0.05) is 0 Å². The smallest absolute Gasteiger partial charge is 0.170 e. The third-order valence-electron chi connectivity index (χ3n) is 2.00. The molecule has 0 aliphatic rings. The van der Waals surface area contributed by atoms with E-state index in [0.29, 0.717) is 11.4 Å². The van der Waals surface area contributed by atoms with Gasteiger partial charge in [-0.3, -0.25) is 16.7 Å². The maximum absolute atomic E-state index is 8.38. The number of nitrogens with zero attached hydrogens (tertiary/aromatic N) is 4. The van der Waals surface area contributed by atoms with Crippen LogP contribution in [0.15, 0.2) is 50.7 Å². The van der Waals surface area contributed by atoms with E-state index < -0.39 is 0 Å². The summed E-state index contributed by atoms with van der Waals surface area (Å²) in [5.74, 6) is 13.2. The van der Waals surface area contributed by atoms with Crippen molar-refractivity contribution in [2.45, 2.75) is 0 Å². The highest BCUT2D eigenvalue weighted by Gasteiger charge is 2.02. The Morgan fingerprint density at radius 2 is 1.73 bits per heavy atom. The molecule has 2 aromatic rings. The van der Waals surface area contributed by atoms with Crippen LogP contribution >= 0.6 is 31.9 Å². The lowest BCUT2D eigenvalue weighted by Gasteiger charge is -1.98. The summed E-state index contributed by atoms with van der Waals surface area (Å²) in [4.78, 5) is 7.76. The maximum Gasteiger partial charge on any atom is 0.170 e. The van der Waals surface area contributed by atoms with Gasteiger partial charge >= 0.3 is 0 Å². The van der Waals surface area contributed by atoms with Crippen molar-refractivity contribution in [3.63, 3.8) is 0 Å². The molecule has 2 heterocycles. The second kappa shape index (κ2) is 11.6.